The third-order valence-corrected chi connectivity index (χ3v) is 2.62. The number of carboxylic acid groups (broad SMARTS) is 1. The summed E-state index contributed by atoms with van der Waals surface area (Å²) in [4.78, 5) is 14.4. The normalized spacial score (nSPS) is 10.7. The minimum atomic E-state index is -2.90. The summed E-state index contributed by atoms with van der Waals surface area (Å²) in [5.74, 6) is -1.67. The summed E-state index contributed by atoms with van der Waals surface area (Å²) in [6.45, 7) is 0. The predicted octanol–water partition coefficient (Wildman–Crippen LogP) is 3.22. The number of nitrogens with zero attached hydrogens (tertiary/aromatic N) is 1. The number of aromatic carboxylic acids is 1. The lowest BCUT2D eigenvalue weighted by atomic mass is 10.1. The second-order valence-corrected chi connectivity index (χ2v) is 3.62. The molecule has 0 aliphatic rings. The first kappa shape index (κ1) is 12.3. The Morgan fingerprint density at radius 2 is 2.27 bits per heavy atom. The van der Waals surface area contributed by atoms with Gasteiger partial charge >= 0.3 is 5.97 Å². The van der Waals surface area contributed by atoms with Crippen molar-refractivity contribution >= 4 is 33.5 Å². The molecule has 3 nitrogen and oxygen atoms in total. The number of carboxylic acids is 1. The second kappa shape index (κ2) is 4.85. The molecule has 0 bridgehead atoms. The third kappa shape index (κ3) is 2.43. The van der Waals surface area contributed by atoms with Crippen molar-refractivity contribution in [2.75, 3.05) is 0 Å². The van der Waals surface area contributed by atoms with Gasteiger partial charge in [-0.15, -0.1) is 11.6 Å². The van der Waals surface area contributed by atoms with Crippen LogP contribution in [0.2, 0.25) is 0 Å². The molecule has 0 amide bonds. The van der Waals surface area contributed by atoms with E-state index in [1.54, 1.807) is 0 Å². The molecular formula is C8H5BrClF2NO2. The molecule has 0 atom stereocenters. The van der Waals surface area contributed by atoms with Crippen molar-refractivity contribution in [3.63, 3.8) is 0 Å². The van der Waals surface area contributed by atoms with Crippen molar-refractivity contribution < 1.29 is 18.7 Å². The maximum atomic E-state index is 12.6. The topological polar surface area (TPSA) is 50.2 Å². The Morgan fingerprint density at radius 1 is 1.67 bits per heavy atom. The Bertz CT molecular complexity index is 400. The van der Waals surface area contributed by atoms with Crippen molar-refractivity contribution in [1.29, 1.82) is 0 Å². The zero-order chi connectivity index (χ0) is 11.6. The highest BCUT2D eigenvalue weighted by Gasteiger charge is 2.25. The van der Waals surface area contributed by atoms with Crippen molar-refractivity contribution in [1.82, 2.24) is 4.98 Å². The first-order valence-electron chi connectivity index (χ1n) is 3.73. The van der Waals surface area contributed by atoms with Crippen LogP contribution in [0.4, 0.5) is 8.78 Å². The van der Waals surface area contributed by atoms with E-state index in [2.05, 4.69) is 20.9 Å². The number of rotatable bonds is 3. The van der Waals surface area contributed by atoms with Gasteiger partial charge in [0, 0.05) is 17.6 Å². The van der Waals surface area contributed by atoms with Crippen LogP contribution in [-0.2, 0) is 5.88 Å². The summed E-state index contributed by atoms with van der Waals surface area (Å²) in [6, 6.07) is 0. The summed E-state index contributed by atoms with van der Waals surface area (Å²) in [6.07, 6.45) is -1.77. The van der Waals surface area contributed by atoms with E-state index in [1.807, 2.05) is 0 Å². The number of hydrogen-bond donors (Lipinski definition) is 1. The quantitative estimate of drug-likeness (QED) is 0.689. The van der Waals surface area contributed by atoms with Crippen molar-refractivity contribution in [2.24, 2.45) is 0 Å². The van der Waals surface area contributed by atoms with E-state index in [1.165, 1.54) is 0 Å². The fourth-order valence-corrected chi connectivity index (χ4v) is 1.80. The predicted molar refractivity (Wildman–Crippen MR) is 53.4 cm³/mol. The monoisotopic (exact) mass is 299 g/mol. The van der Waals surface area contributed by atoms with Gasteiger partial charge in [-0.2, -0.15) is 0 Å². The largest absolute Gasteiger partial charge is 0.478 e. The Kier molecular flexibility index (Phi) is 3.98. The molecule has 0 fully saturated rings. The van der Waals surface area contributed by atoms with Crippen LogP contribution in [0.1, 0.15) is 27.9 Å². The standard InChI is InChI=1S/C8H5BrClF2NO2/c9-6-5(8(14)15)4(7(11)12)3(1-10)2-13-6/h2,7H,1H2,(H,14,15). The molecule has 0 aliphatic carbocycles. The van der Waals surface area contributed by atoms with E-state index >= 15 is 0 Å². The van der Waals surface area contributed by atoms with Gasteiger partial charge < -0.3 is 5.11 Å². The maximum absolute atomic E-state index is 12.6. The lowest BCUT2D eigenvalue weighted by Crippen LogP contribution is -2.08. The first-order valence-corrected chi connectivity index (χ1v) is 5.06. The Balaban J connectivity index is 3.51. The van der Waals surface area contributed by atoms with Gasteiger partial charge in [0.05, 0.1) is 0 Å². The molecule has 1 aromatic heterocycles. The van der Waals surface area contributed by atoms with Gasteiger partial charge in [-0.25, -0.2) is 18.6 Å². The fourth-order valence-electron chi connectivity index (χ4n) is 1.10. The molecule has 0 saturated carbocycles. The van der Waals surface area contributed by atoms with Gasteiger partial charge in [0.2, 0.25) is 0 Å². The van der Waals surface area contributed by atoms with E-state index in [0.29, 0.717) is 0 Å². The molecule has 0 radical (unpaired) electrons. The molecule has 0 spiro atoms. The highest BCUT2D eigenvalue weighted by molar-refractivity contribution is 9.10. The molecule has 1 aromatic rings. The third-order valence-electron chi connectivity index (χ3n) is 1.73. The Morgan fingerprint density at radius 3 is 2.67 bits per heavy atom. The Labute approximate surface area is 97.2 Å². The summed E-state index contributed by atoms with van der Waals surface area (Å²) in [5.41, 5.74) is -1.10. The van der Waals surface area contributed by atoms with Crippen molar-refractivity contribution in [3.05, 3.63) is 27.5 Å². The van der Waals surface area contributed by atoms with Crippen LogP contribution >= 0.6 is 27.5 Å². The molecule has 82 valence electrons. The van der Waals surface area contributed by atoms with Crippen molar-refractivity contribution in [2.45, 2.75) is 12.3 Å². The number of carbonyl (C=O) groups is 1. The smallest absolute Gasteiger partial charge is 0.338 e. The van der Waals surface area contributed by atoms with E-state index < -0.39 is 23.5 Å². The lowest BCUT2D eigenvalue weighted by molar-refractivity contribution is 0.0682. The van der Waals surface area contributed by atoms with Crippen LogP contribution in [0.25, 0.3) is 0 Å². The molecule has 7 heteroatoms. The van der Waals surface area contributed by atoms with Crippen molar-refractivity contribution in [3.8, 4) is 0 Å². The zero-order valence-corrected chi connectivity index (χ0v) is 9.52. The molecule has 0 saturated heterocycles. The zero-order valence-electron chi connectivity index (χ0n) is 7.18. The van der Waals surface area contributed by atoms with Crippen LogP contribution in [-0.4, -0.2) is 16.1 Å². The SMILES string of the molecule is O=C(O)c1c(Br)ncc(CCl)c1C(F)F. The number of alkyl halides is 3. The molecule has 0 unspecified atom stereocenters. The summed E-state index contributed by atoms with van der Waals surface area (Å²) in [5, 5.41) is 8.77. The average molecular weight is 300 g/mol. The van der Waals surface area contributed by atoms with Crippen LogP contribution in [0.3, 0.4) is 0 Å². The minimum Gasteiger partial charge on any atom is -0.478 e. The van der Waals surface area contributed by atoms with Gasteiger partial charge in [0.15, 0.2) is 0 Å². The molecule has 15 heavy (non-hydrogen) atoms. The molecule has 1 N–H and O–H groups in total. The first-order chi connectivity index (χ1) is 6.99. The van der Waals surface area contributed by atoms with Gasteiger partial charge in [0.25, 0.3) is 6.43 Å². The van der Waals surface area contributed by atoms with Gasteiger partial charge in [0.1, 0.15) is 10.2 Å². The second-order valence-electron chi connectivity index (χ2n) is 2.60. The summed E-state index contributed by atoms with van der Waals surface area (Å²) >= 11 is 8.23. The van der Waals surface area contributed by atoms with E-state index in [4.69, 9.17) is 16.7 Å². The molecule has 0 aliphatic heterocycles. The van der Waals surface area contributed by atoms with E-state index in [9.17, 15) is 13.6 Å². The van der Waals surface area contributed by atoms with Crippen LogP contribution in [0.5, 0.6) is 0 Å². The molecule has 0 aromatic carbocycles. The minimum absolute atomic E-state index is 0.0206. The molecular weight excluding hydrogens is 295 g/mol. The number of pyridine rings is 1. The number of aromatic nitrogens is 1. The highest BCUT2D eigenvalue weighted by atomic mass is 79.9. The molecule has 1 rings (SSSR count). The van der Waals surface area contributed by atoms with Gasteiger partial charge in [-0.3, -0.25) is 0 Å². The molecule has 1 heterocycles. The van der Waals surface area contributed by atoms with Crippen LogP contribution < -0.4 is 0 Å². The number of hydrogen-bond acceptors (Lipinski definition) is 2. The lowest BCUT2D eigenvalue weighted by Gasteiger charge is -2.10. The number of halogens is 4. The fraction of sp³-hybridized carbons (Fsp3) is 0.250. The van der Waals surface area contributed by atoms with Crippen LogP contribution in [0, 0.1) is 0 Å². The van der Waals surface area contributed by atoms with Gasteiger partial charge in [-0.05, 0) is 21.5 Å². The average Bonchev–Trinajstić information content (AvgIpc) is 2.16. The van der Waals surface area contributed by atoms with E-state index in [0.717, 1.165) is 6.20 Å². The highest BCUT2D eigenvalue weighted by Crippen LogP contribution is 2.31. The summed E-state index contributed by atoms with van der Waals surface area (Å²) < 4.78 is 25.2. The van der Waals surface area contributed by atoms with Gasteiger partial charge in [-0.1, -0.05) is 0 Å². The van der Waals surface area contributed by atoms with Crippen LogP contribution in [0.15, 0.2) is 10.8 Å². The summed E-state index contributed by atoms with van der Waals surface area (Å²) in [7, 11) is 0. The Hall–Kier alpha value is -0.750. The maximum Gasteiger partial charge on any atom is 0.338 e. The van der Waals surface area contributed by atoms with E-state index in [-0.39, 0.29) is 16.0 Å².